The molecule has 0 aliphatic heterocycles. The normalized spacial score (nSPS) is 15.8. The SMILES string of the molecule is CCCC(C)(O)C(=O)N[C@H](CO)c1ccccc1. The van der Waals surface area contributed by atoms with Crippen molar-refractivity contribution in [2.45, 2.75) is 38.3 Å². The van der Waals surface area contributed by atoms with E-state index >= 15 is 0 Å². The third kappa shape index (κ3) is 3.82. The van der Waals surface area contributed by atoms with Crippen LogP contribution < -0.4 is 5.32 Å². The van der Waals surface area contributed by atoms with Crippen LogP contribution >= 0.6 is 0 Å². The van der Waals surface area contributed by atoms with Crippen molar-refractivity contribution in [3.63, 3.8) is 0 Å². The van der Waals surface area contributed by atoms with Crippen molar-refractivity contribution >= 4 is 5.91 Å². The first-order chi connectivity index (χ1) is 8.51. The van der Waals surface area contributed by atoms with Gasteiger partial charge in [0, 0.05) is 0 Å². The smallest absolute Gasteiger partial charge is 0.252 e. The Morgan fingerprint density at radius 3 is 2.50 bits per heavy atom. The van der Waals surface area contributed by atoms with Gasteiger partial charge in [0.1, 0.15) is 5.60 Å². The number of amides is 1. The Morgan fingerprint density at radius 1 is 1.39 bits per heavy atom. The quantitative estimate of drug-likeness (QED) is 0.715. The molecule has 0 aliphatic carbocycles. The molecule has 3 N–H and O–H groups in total. The van der Waals surface area contributed by atoms with Gasteiger partial charge < -0.3 is 15.5 Å². The van der Waals surface area contributed by atoms with Gasteiger partial charge in [-0.3, -0.25) is 4.79 Å². The van der Waals surface area contributed by atoms with Crippen molar-refractivity contribution in [2.24, 2.45) is 0 Å². The van der Waals surface area contributed by atoms with Gasteiger partial charge in [-0.2, -0.15) is 0 Å². The zero-order valence-corrected chi connectivity index (χ0v) is 10.9. The first kappa shape index (κ1) is 14.7. The van der Waals surface area contributed by atoms with Crippen LogP contribution in [0.3, 0.4) is 0 Å². The fraction of sp³-hybridized carbons (Fsp3) is 0.500. The van der Waals surface area contributed by atoms with Gasteiger partial charge in [0.25, 0.3) is 5.91 Å². The van der Waals surface area contributed by atoms with Gasteiger partial charge in [0.15, 0.2) is 0 Å². The van der Waals surface area contributed by atoms with Crippen LogP contribution in [0.5, 0.6) is 0 Å². The number of benzene rings is 1. The van der Waals surface area contributed by atoms with E-state index in [9.17, 15) is 15.0 Å². The minimum absolute atomic E-state index is 0.196. The average Bonchev–Trinajstić information content (AvgIpc) is 2.36. The maximum atomic E-state index is 11.9. The Labute approximate surface area is 108 Å². The first-order valence-corrected chi connectivity index (χ1v) is 6.20. The van der Waals surface area contributed by atoms with Crippen molar-refractivity contribution in [2.75, 3.05) is 6.61 Å². The molecule has 0 fully saturated rings. The molecule has 1 unspecified atom stereocenters. The predicted molar refractivity (Wildman–Crippen MR) is 69.9 cm³/mol. The van der Waals surface area contributed by atoms with Crippen LogP contribution in [0.4, 0.5) is 0 Å². The van der Waals surface area contributed by atoms with Crippen LogP contribution in [-0.4, -0.2) is 28.3 Å². The molecule has 18 heavy (non-hydrogen) atoms. The van der Waals surface area contributed by atoms with Crippen molar-refractivity contribution in [3.05, 3.63) is 35.9 Å². The molecule has 0 aliphatic rings. The summed E-state index contributed by atoms with van der Waals surface area (Å²) >= 11 is 0. The fourth-order valence-corrected chi connectivity index (χ4v) is 1.83. The second-order valence-corrected chi connectivity index (χ2v) is 4.64. The lowest BCUT2D eigenvalue weighted by Crippen LogP contribution is -2.46. The van der Waals surface area contributed by atoms with E-state index in [1.807, 2.05) is 37.3 Å². The molecule has 0 radical (unpaired) electrons. The molecule has 4 nitrogen and oxygen atoms in total. The Morgan fingerprint density at radius 2 is 2.00 bits per heavy atom. The van der Waals surface area contributed by atoms with Gasteiger partial charge in [-0.25, -0.2) is 0 Å². The number of aliphatic hydroxyl groups is 2. The molecule has 100 valence electrons. The lowest BCUT2D eigenvalue weighted by Gasteiger charge is -2.25. The third-order valence-electron chi connectivity index (χ3n) is 2.92. The summed E-state index contributed by atoms with van der Waals surface area (Å²) in [6.45, 7) is 3.20. The lowest BCUT2D eigenvalue weighted by molar-refractivity contribution is -0.139. The Hall–Kier alpha value is -1.39. The number of hydrogen-bond acceptors (Lipinski definition) is 3. The van der Waals surface area contributed by atoms with Crippen LogP contribution in [0, 0.1) is 0 Å². The molecule has 1 rings (SSSR count). The van der Waals surface area contributed by atoms with Crippen LogP contribution in [0.1, 0.15) is 38.3 Å². The minimum Gasteiger partial charge on any atom is -0.394 e. The van der Waals surface area contributed by atoms with Crippen molar-refractivity contribution in [3.8, 4) is 0 Å². The summed E-state index contributed by atoms with van der Waals surface area (Å²) in [6.07, 6.45) is 1.11. The zero-order chi connectivity index (χ0) is 13.6. The lowest BCUT2D eigenvalue weighted by atomic mass is 9.98. The highest BCUT2D eigenvalue weighted by Gasteiger charge is 2.30. The largest absolute Gasteiger partial charge is 0.394 e. The third-order valence-corrected chi connectivity index (χ3v) is 2.92. The summed E-state index contributed by atoms with van der Waals surface area (Å²) in [4.78, 5) is 11.9. The molecule has 1 aromatic rings. The summed E-state index contributed by atoms with van der Waals surface area (Å²) in [7, 11) is 0. The van der Waals surface area contributed by atoms with Crippen molar-refractivity contribution in [1.29, 1.82) is 0 Å². The van der Waals surface area contributed by atoms with E-state index < -0.39 is 17.6 Å². The average molecular weight is 251 g/mol. The first-order valence-electron chi connectivity index (χ1n) is 6.20. The topological polar surface area (TPSA) is 69.6 Å². The summed E-state index contributed by atoms with van der Waals surface area (Å²) < 4.78 is 0. The number of nitrogens with one attached hydrogen (secondary N) is 1. The number of aliphatic hydroxyl groups excluding tert-OH is 1. The van der Waals surface area contributed by atoms with E-state index in [1.54, 1.807) is 0 Å². The van der Waals surface area contributed by atoms with Crippen LogP contribution in [0.2, 0.25) is 0 Å². The van der Waals surface area contributed by atoms with Crippen LogP contribution in [0.25, 0.3) is 0 Å². The van der Waals surface area contributed by atoms with E-state index in [-0.39, 0.29) is 6.61 Å². The molecule has 0 heterocycles. The predicted octanol–water partition coefficient (Wildman–Crippen LogP) is 1.39. The Bertz CT molecular complexity index is 376. The van der Waals surface area contributed by atoms with Crippen LogP contribution in [0.15, 0.2) is 30.3 Å². The molecule has 2 atom stereocenters. The van der Waals surface area contributed by atoms with Gasteiger partial charge in [0.2, 0.25) is 0 Å². The second kappa shape index (κ2) is 6.52. The molecule has 0 spiro atoms. The summed E-state index contributed by atoms with van der Waals surface area (Å²) in [5, 5.41) is 22.0. The molecule has 1 amide bonds. The molecule has 1 aromatic carbocycles. The van der Waals surface area contributed by atoms with Gasteiger partial charge >= 0.3 is 0 Å². The van der Waals surface area contributed by atoms with E-state index in [4.69, 9.17) is 0 Å². The number of carbonyl (C=O) groups is 1. The van der Waals surface area contributed by atoms with E-state index in [0.29, 0.717) is 6.42 Å². The van der Waals surface area contributed by atoms with E-state index in [0.717, 1.165) is 12.0 Å². The highest BCUT2D eigenvalue weighted by atomic mass is 16.3. The second-order valence-electron chi connectivity index (χ2n) is 4.64. The molecule has 0 aromatic heterocycles. The van der Waals surface area contributed by atoms with Gasteiger partial charge in [-0.15, -0.1) is 0 Å². The Balaban J connectivity index is 2.73. The van der Waals surface area contributed by atoms with Gasteiger partial charge in [-0.05, 0) is 18.9 Å². The molecule has 4 heteroatoms. The van der Waals surface area contributed by atoms with E-state index in [2.05, 4.69) is 5.32 Å². The van der Waals surface area contributed by atoms with E-state index in [1.165, 1.54) is 6.92 Å². The fourth-order valence-electron chi connectivity index (χ4n) is 1.83. The maximum absolute atomic E-state index is 11.9. The number of hydrogen-bond donors (Lipinski definition) is 3. The van der Waals surface area contributed by atoms with Crippen molar-refractivity contribution in [1.82, 2.24) is 5.32 Å². The summed E-state index contributed by atoms with van der Waals surface area (Å²) in [5.74, 6) is -0.452. The number of rotatable bonds is 6. The zero-order valence-electron chi connectivity index (χ0n) is 10.9. The Kier molecular flexibility index (Phi) is 5.31. The monoisotopic (exact) mass is 251 g/mol. The van der Waals surface area contributed by atoms with Gasteiger partial charge in [-0.1, -0.05) is 43.7 Å². The standard InChI is InChI=1S/C14H21NO3/c1-3-9-14(2,18)13(17)15-12(10-16)11-7-5-4-6-8-11/h4-8,12,16,18H,3,9-10H2,1-2H3,(H,15,17)/t12-,14?/m1/s1. The number of carbonyl (C=O) groups excluding carboxylic acids is 1. The van der Waals surface area contributed by atoms with Crippen LogP contribution in [-0.2, 0) is 4.79 Å². The minimum atomic E-state index is -1.39. The summed E-state index contributed by atoms with van der Waals surface area (Å²) in [5.41, 5.74) is -0.572. The molecular weight excluding hydrogens is 230 g/mol. The van der Waals surface area contributed by atoms with Gasteiger partial charge in [0.05, 0.1) is 12.6 Å². The molecule has 0 saturated heterocycles. The highest BCUT2D eigenvalue weighted by Crippen LogP contribution is 2.16. The molecule has 0 bridgehead atoms. The van der Waals surface area contributed by atoms with Crippen molar-refractivity contribution < 1.29 is 15.0 Å². The maximum Gasteiger partial charge on any atom is 0.252 e. The summed E-state index contributed by atoms with van der Waals surface area (Å²) in [6, 6.07) is 8.73. The highest BCUT2D eigenvalue weighted by molar-refractivity contribution is 5.84. The molecular formula is C14H21NO3. The molecule has 0 saturated carbocycles.